The van der Waals surface area contributed by atoms with E-state index in [4.69, 9.17) is 10.6 Å². The molecule has 20 heavy (non-hydrogen) atoms. The molecule has 3 N–H and O–H groups in total. The van der Waals surface area contributed by atoms with Gasteiger partial charge in [0.15, 0.2) is 0 Å². The highest BCUT2D eigenvalue weighted by atomic mass is 32.1. The van der Waals surface area contributed by atoms with Crippen molar-refractivity contribution in [1.29, 1.82) is 0 Å². The summed E-state index contributed by atoms with van der Waals surface area (Å²) in [4.78, 5) is 0. The molecule has 4 heteroatoms. The number of nitrogens with one attached hydrogen (secondary N) is 1. The summed E-state index contributed by atoms with van der Waals surface area (Å²) in [6.45, 7) is 9.27. The Bertz CT molecular complexity index is 559. The van der Waals surface area contributed by atoms with Crippen LogP contribution in [0.25, 0.3) is 10.1 Å². The number of benzene rings is 1. The lowest BCUT2D eigenvalue weighted by atomic mass is 9.82. The van der Waals surface area contributed by atoms with E-state index in [1.165, 1.54) is 15.6 Å². The summed E-state index contributed by atoms with van der Waals surface area (Å²) >= 11 is 1.75. The minimum atomic E-state index is -0.0164. The molecule has 0 spiro atoms. The van der Waals surface area contributed by atoms with Crippen molar-refractivity contribution in [2.45, 2.75) is 39.8 Å². The Morgan fingerprint density at radius 3 is 2.65 bits per heavy atom. The molecule has 0 aliphatic rings. The molecular formula is C16H24N2OS. The number of nitrogens with two attached hydrogens (primary N) is 1. The predicted octanol–water partition coefficient (Wildman–Crippen LogP) is 3.86. The van der Waals surface area contributed by atoms with E-state index in [0.717, 1.165) is 0 Å². The van der Waals surface area contributed by atoms with Gasteiger partial charge in [-0.3, -0.25) is 11.3 Å². The standard InChI is InChI=1S/C16H24N2OS/c1-5-19-15(16(2,3)4)13(18-17)12-8-6-7-11-9-10-20-14(11)12/h6-10,13,15,18H,5,17H2,1-4H3. The van der Waals surface area contributed by atoms with Gasteiger partial charge in [0.1, 0.15) is 0 Å². The van der Waals surface area contributed by atoms with Gasteiger partial charge in [0.25, 0.3) is 0 Å². The van der Waals surface area contributed by atoms with Crippen LogP contribution in [-0.4, -0.2) is 12.7 Å². The molecule has 0 radical (unpaired) electrons. The highest BCUT2D eigenvalue weighted by Crippen LogP contribution is 2.36. The summed E-state index contributed by atoms with van der Waals surface area (Å²) in [5.41, 5.74) is 4.20. The number of fused-ring (bicyclic) bond motifs is 1. The topological polar surface area (TPSA) is 47.3 Å². The lowest BCUT2D eigenvalue weighted by molar-refractivity contribution is -0.0363. The van der Waals surface area contributed by atoms with Crippen molar-refractivity contribution < 1.29 is 4.74 Å². The number of hydrogen-bond acceptors (Lipinski definition) is 4. The molecule has 0 fully saturated rings. The molecule has 0 aliphatic carbocycles. The second-order valence-electron chi connectivity index (χ2n) is 6.07. The van der Waals surface area contributed by atoms with E-state index < -0.39 is 0 Å². The zero-order valence-corrected chi connectivity index (χ0v) is 13.5. The Morgan fingerprint density at radius 2 is 2.05 bits per heavy atom. The van der Waals surface area contributed by atoms with E-state index in [2.05, 4.69) is 55.8 Å². The SMILES string of the molecule is CCOC(C(NN)c1cccc2ccsc12)C(C)(C)C. The fourth-order valence-corrected chi connectivity index (χ4v) is 3.58. The van der Waals surface area contributed by atoms with Gasteiger partial charge in [0, 0.05) is 11.3 Å². The molecule has 0 bridgehead atoms. The highest BCUT2D eigenvalue weighted by Gasteiger charge is 2.34. The number of thiophene rings is 1. The first-order chi connectivity index (χ1) is 9.49. The Hall–Kier alpha value is -0.940. The molecule has 0 amide bonds. The van der Waals surface area contributed by atoms with Gasteiger partial charge in [0.2, 0.25) is 0 Å². The van der Waals surface area contributed by atoms with Crippen LogP contribution in [0.15, 0.2) is 29.6 Å². The van der Waals surface area contributed by atoms with Gasteiger partial charge in [0.05, 0.1) is 12.1 Å². The van der Waals surface area contributed by atoms with Gasteiger partial charge in [-0.05, 0) is 34.7 Å². The van der Waals surface area contributed by atoms with E-state index in [-0.39, 0.29) is 17.6 Å². The van der Waals surface area contributed by atoms with Crippen LogP contribution < -0.4 is 11.3 Å². The zero-order valence-electron chi connectivity index (χ0n) is 12.6. The molecule has 2 unspecified atom stereocenters. The van der Waals surface area contributed by atoms with Crippen LogP contribution in [0, 0.1) is 5.41 Å². The minimum Gasteiger partial charge on any atom is -0.376 e. The third-order valence-corrected chi connectivity index (χ3v) is 4.51. The fraction of sp³-hybridized carbons (Fsp3) is 0.500. The highest BCUT2D eigenvalue weighted by molar-refractivity contribution is 7.17. The van der Waals surface area contributed by atoms with E-state index in [0.29, 0.717) is 6.61 Å². The number of ether oxygens (including phenoxy) is 1. The summed E-state index contributed by atoms with van der Waals surface area (Å²) in [6.07, 6.45) is 0.0187. The maximum Gasteiger partial charge on any atom is 0.0831 e. The number of hydrazine groups is 1. The normalized spacial score (nSPS) is 15.4. The Morgan fingerprint density at radius 1 is 1.30 bits per heavy atom. The maximum atomic E-state index is 6.00. The summed E-state index contributed by atoms with van der Waals surface area (Å²) < 4.78 is 7.28. The molecule has 1 aromatic heterocycles. The fourth-order valence-electron chi connectivity index (χ4n) is 2.63. The van der Waals surface area contributed by atoms with E-state index in [1.54, 1.807) is 11.3 Å². The van der Waals surface area contributed by atoms with E-state index in [9.17, 15) is 0 Å². The van der Waals surface area contributed by atoms with Crippen LogP contribution >= 0.6 is 11.3 Å². The van der Waals surface area contributed by atoms with Gasteiger partial charge in [-0.2, -0.15) is 0 Å². The number of hydrogen-bond donors (Lipinski definition) is 2. The van der Waals surface area contributed by atoms with Gasteiger partial charge in [-0.1, -0.05) is 39.0 Å². The van der Waals surface area contributed by atoms with Crippen molar-refractivity contribution in [3.8, 4) is 0 Å². The van der Waals surface area contributed by atoms with E-state index in [1.807, 2.05) is 6.92 Å². The van der Waals surface area contributed by atoms with E-state index >= 15 is 0 Å². The van der Waals surface area contributed by atoms with Gasteiger partial charge >= 0.3 is 0 Å². The van der Waals surface area contributed by atoms with Crippen LogP contribution in [0.3, 0.4) is 0 Å². The molecular weight excluding hydrogens is 268 g/mol. The Kier molecular flexibility index (Phi) is 4.81. The Balaban J connectivity index is 2.47. The van der Waals surface area contributed by atoms with Gasteiger partial charge < -0.3 is 4.74 Å². The van der Waals surface area contributed by atoms with Crippen molar-refractivity contribution in [3.05, 3.63) is 35.2 Å². The quantitative estimate of drug-likeness (QED) is 0.650. The molecule has 2 aromatic rings. The first kappa shape index (κ1) is 15.4. The number of rotatable bonds is 5. The summed E-state index contributed by atoms with van der Waals surface area (Å²) in [5, 5.41) is 3.38. The molecule has 2 atom stereocenters. The van der Waals surface area contributed by atoms with Gasteiger partial charge in [-0.25, -0.2) is 0 Å². The molecule has 1 heterocycles. The van der Waals surface area contributed by atoms with Crippen LogP contribution in [0.2, 0.25) is 0 Å². The largest absolute Gasteiger partial charge is 0.376 e. The van der Waals surface area contributed by atoms with Crippen LogP contribution in [0.4, 0.5) is 0 Å². The zero-order chi connectivity index (χ0) is 14.8. The van der Waals surface area contributed by atoms with Crippen LogP contribution in [0.5, 0.6) is 0 Å². The molecule has 2 rings (SSSR count). The molecule has 0 saturated carbocycles. The smallest absolute Gasteiger partial charge is 0.0831 e. The first-order valence-corrected chi connectivity index (χ1v) is 7.91. The monoisotopic (exact) mass is 292 g/mol. The first-order valence-electron chi connectivity index (χ1n) is 7.03. The molecule has 1 aromatic carbocycles. The van der Waals surface area contributed by atoms with Crippen molar-refractivity contribution in [3.63, 3.8) is 0 Å². The molecule has 110 valence electrons. The summed E-state index contributed by atoms with van der Waals surface area (Å²) in [6, 6.07) is 8.48. The third kappa shape index (κ3) is 3.04. The summed E-state index contributed by atoms with van der Waals surface area (Å²) in [5.74, 6) is 5.87. The second kappa shape index (κ2) is 6.22. The molecule has 0 aliphatic heterocycles. The maximum absolute atomic E-state index is 6.00. The third-order valence-electron chi connectivity index (χ3n) is 3.53. The van der Waals surface area contributed by atoms with Gasteiger partial charge in [-0.15, -0.1) is 11.3 Å². The lowest BCUT2D eigenvalue weighted by Gasteiger charge is -2.36. The van der Waals surface area contributed by atoms with Crippen molar-refractivity contribution in [1.82, 2.24) is 5.43 Å². The second-order valence-corrected chi connectivity index (χ2v) is 6.99. The van der Waals surface area contributed by atoms with Crippen LogP contribution in [0.1, 0.15) is 39.3 Å². The lowest BCUT2D eigenvalue weighted by Crippen LogP contribution is -2.44. The molecule has 0 saturated heterocycles. The van der Waals surface area contributed by atoms with Crippen molar-refractivity contribution >= 4 is 21.4 Å². The average Bonchev–Trinajstić information content (AvgIpc) is 2.86. The average molecular weight is 292 g/mol. The molecule has 3 nitrogen and oxygen atoms in total. The minimum absolute atomic E-state index is 0.00642. The van der Waals surface area contributed by atoms with Crippen molar-refractivity contribution in [2.75, 3.05) is 6.61 Å². The van der Waals surface area contributed by atoms with Crippen molar-refractivity contribution in [2.24, 2.45) is 11.3 Å². The summed E-state index contributed by atoms with van der Waals surface area (Å²) in [7, 11) is 0. The van der Waals surface area contributed by atoms with Crippen LogP contribution in [-0.2, 0) is 4.74 Å². The predicted molar refractivity (Wildman–Crippen MR) is 86.8 cm³/mol. The Labute approximate surface area is 125 Å².